The SMILES string of the molecule is CN(C(=O)C1CC1)C1CCOc2ccccc21. The van der Waals surface area contributed by atoms with Crippen molar-refractivity contribution in [3.05, 3.63) is 29.8 Å². The molecule has 0 bridgehead atoms. The number of fused-ring (bicyclic) bond motifs is 1. The molecule has 0 N–H and O–H groups in total. The first-order valence-electron chi connectivity index (χ1n) is 6.26. The van der Waals surface area contributed by atoms with Crippen LogP contribution in [0.5, 0.6) is 5.75 Å². The smallest absolute Gasteiger partial charge is 0.225 e. The highest BCUT2D eigenvalue weighted by Gasteiger charge is 2.36. The van der Waals surface area contributed by atoms with Crippen LogP contribution in [-0.2, 0) is 4.79 Å². The van der Waals surface area contributed by atoms with Crippen LogP contribution in [0.2, 0.25) is 0 Å². The third kappa shape index (κ3) is 1.90. The Bertz CT molecular complexity index is 440. The number of hydrogen-bond acceptors (Lipinski definition) is 2. The van der Waals surface area contributed by atoms with Crippen LogP contribution >= 0.6 is 0 Å². The summed E-state index contributed by atoms with van der Waals surface area (Å²) in [6.45, 7) is 0.698. The second-order valence-electron chi connectivity index (χ2n) is 4.91. The van der Waals surface area contributed by atoms with Gasteiger partial charge in [0.05, 0.1) is 12.6 Å². The zero-order chi connectivity index (χ0) is 11.8. The van der Waals surface area contributed by atoms with E-state index in [9.17, 15) is 4.79 Å². The number of carbonyl (C=O) groups excluding carboxylic acids is 1. The molecule has 3 heteroatoms. The molecule has 0 saturated heterocycles. The van der Waals surface area contributed by atoms with Gasteiger partial charge in [-0.05, 0) is 18.9 Å². The maximum Gasteiger partial charge on any atom is 0.225 e. The molecule has 1 amide bonds. The zero-order valence-corrected chi connectivity index (χ0v) is 10.1. The van der Waals surface area contributed by atoms with Gasteiger partial charge in [-0.15, -0.1) is 0 Å². The summed E-state index contributed by atoms with van der Waals surface area (Å²) in [6.07, 6.45) is 3.02. The fourth-order valence-corrected chi connectivity index (χ4v) is 2.50. The Hall–Kier alpha value is -1.51. The summed E-state index contributed by atoms with van der Waals surface area (Å²) < 4.78 is 5.62. The fraction of sp³-hybridized carbons (Fsp3) is 0.500. The summed E-state index contributed by atoms with van der Waals surface area (Å²) >= 11 is 0. The van der Waals surface area contributed by atoms with Crippen LogP contribution in [0.3, 0.4) is 0 Å². The number of benzene rings is 1. The van der Waals surface area contributed by atoms with Crippen LogP contribution in [0.1, 0.15) is 30.9 Å². The molecular formula is C14H17NO2. The van der Waals surface area contributed by atoms with E-state index in [0.29, 0.717) is 12.5 Å². The molecule has 1 fully saturated rings. The van der Waals surface area contributed by atoms with Crippen LogP contribution in [-0.4, -0.2) is 24.5 Å². The van der Waals surface area contributed by atoms with Crippen LogP contribution < -0.4 is 4.74 Å². The molecule has 1 atom stereocenters. The Kier molecular flexibility index (Phi) is 2.54. The summed E-state index contributed by atoms with van der Waals surface area (Å²) in [6, 6.07) is 8.22. The Morgan fingerprint density at radius 1 is 1.29 bits per heavy atom. The lowest BCUT2D eigenvalue weighted by Gasteiger charge is -2.33. The molecule has 0 radical (unpaired) electrons. The molecule has 0 aromatic heterocycles. The molecule has 1 unspecified atom stereocenters. The molecule has 1 saturated carbocycles. The standard InChI is InChI=1S/C14H17NO2/c1-15(14(16)10-6-7-10)12-8-9-17-13-5-3-2-4-11(12)13/h2-5,10,12H,6-9H2,1H3. The zero-order valence-electron chi connectivity index (χ0n) is 10.1. The molecule has 17 heavy (non-hydrogen) atoms. The lowest BCUT2D eigenvalue weighted by molar-refractivity contribution is -0.134. The predicted molar refractivity (Wildman–Crippen MR) is 64.8 cm³/mol. The van der Waals surface area contributed by atoms with Crippen molar-refractivity contribution in [3.63, 3.8) is 0 Å². The number of amides is 1. The first kappa shape index (κ1) is 10.6. The lowest BCUT2D eigenvalue weighted by atomic mass is 9.99. The Balaban J connectivity index is 1.86. The van der Waals surface area contributed by atoms with E-state index < -0.39 is 0 Å². The molecule has 1 aliphatic heterocycles. The number of hydrogen-bond donors (Lipinski definition) is 0. The van der Waals surface area contributed by atoms with E-state index in [1.165, 1.54) is 0 Å². The van der Waals surface area contributed by atoms with Gasteiger partial charge in [-0.25, -0.2) is 0 Å². The molecule has 90 valence electrons. The Morgan fingerprint density at radius 2 is 2.06 bits per heavy atom. The molecular weight excluding hydrogens is 214 g/mol. The average molecular weight is 231 g/mol. The van der Waals surface area contributed by atoms with Gasteiger partial charge in [0.15, 0.2) is 0 Å². The fourth-order valence-electron chi connectivity index (χ4n) is 2.50. The van der Waals surface area contributed by atoms with E-state index in [4.69, 9.17) is 4.74 Å². The second kappa shape index (κ2) is 4.06. The molecule has 2 aliphatic rings. The molecule has 1 heterocycles. The van der Waals surface area contributed by atoms with Crippen molar-refractivity contribution < 1.29 is 9.53 Å². The van der Waals surface area contributed by atoms with Crippen molar-refractivity contribution in [2.45, 2.75) is 25.3 Å². The van der Waals surface area contributed by atoms with E-state index in [1.807, 2.05) is 30.1 Å². The van der Waals surface area contributed by atoms with Gasteiger partial charge in [0.25, 0.3) is 0 Å². The van der Waals surface area contributed by atoms with E-state index >= 15 is 0 Å². The van der Waals surface area contributed by atoms with Gasteiger partial charge >= 0.3 is 0 Å². The third-order valence-corrected chi connectivity index (χ3v) is 3.67. The number of carbonyl (C=O) groups is 1. The maximum absolute atomic E-state index is 12.1. The summed E-state index contributed by atoms with van der Waals surface area (Å²) in [5, 5.41) is 0. The van der Waals surface area contributed by atoms with E-state index in [-0.39, 0.29) is 12.0 Å². The van der Waals surface area contributed by atoms with E-state index in [1.54, 1.807) is 0 Å². The molecule has 3 nitrogen and oxygen atoms in total. The number of rotatable bonds is 2. The van der Waals surface area contributed by atoms with Gasteiger partial charge in [0.1, 0.15) is 5.75 Å². The van der Waals surface area contributed by atoms with Crippen LogP contribution in [0.4, 0.5) is 0 Å². The number of ether oxygens (including phenoxy) is 1. The second-order valence-corrected chi connectivity index (χ2v) is 4.91. The van der Waals surface area contributed by atoms with E-state index in [2.05, 4.69) is 6.07 Å². The van der Waals surface area contributed by atoms with Gasteiger partial charge in [0.2, 0.25) is 5.91 Å². The van der Waals surface area contributed by atoms with Crippen molar-refractivity contribution in [2.24, 2.45) is 5.92 Å². The summed E-state index contributed by atoms with van der Waals surface area (Å²) in [5.74, 6) is 1.51. The van der Waals surface area contributed by atoms with Crippen LogP contribution in [0.15, 0.2) is 24.3 Å². The highest BCUT2D eigenvalue weighted by atomic mass is 16.5. The van der Waals surface area contributed by atoms with Crippen LogP contribution in [0, 0.1) is 5.92 Å². The third-order valence-electron chi connectivity index (χ3n) is 3.67. The van der Waals surface area contributed by atoms with Gasteiger partial charge in [-0.1, -0.05) is 18.2 Å². The summed E-state index contributed by atoms with van der Waals surface area (Å²) in [4.78, 5) is 14.0. The largest absolute Gasteiger partial charge is 0.493 e. The van der Waals surface area contributed by atoms with Gasteiger partial charge in [-0.3, -0.25) is 4.79 Å². The monoisotopic (exact) mass is 231 g/mol. The van der Waals surface area contributed by atoms with Gasteiger partial charge in [-0.2, -0.15) is 0 Å². The minimum absolute atomic E-state index is 0.188. The molecule has 1 aromatic rings. The normalized spacial score (nSPS) is 22.5. The first-order chi connectivity index (χ1) is 8.27. The van der Waals surface area contributed by atoms with Gasteiger partial charge < -0.3 is 9.64 Å². The average Bonchev–Trinajstić information content (AvgIpc) is 3.20. The molecule has 3 rings (SSSR count). The predicted octanol–water partition coefficient (Wildman–Crippen LogP) is 2.38. The summed E-state index contributed by atoms with van der Waals surface area (Å²) in [5.41, 5.74) is 1.15. The highest BCUT2D eigenvalue weighted by molar-refractivity contribution is 5.81. The van der Waals surface area contributed by atoms with Crippen molar-refractivity contribution in [1.82, 2.24) is 4.90 Å². The Labute approximate surface area is 101 Å². The van der Waals surface area contributed by atoms with Crippen molar-refractivity contribution in [3.8, 4) is 5.75 Å². The maximum atomic E-state index is 12.1. The molecule has 1 aromatic carbocycles. The van der Waals surface area contributed by atoms with E-state index in [0.717, 1.165) is 30.6 Å². The highest BCUT2D eigenvalue weighted by Crippen LogP contribution is 2.38. The van der Waals surface area contributed by atoms with Crippen molar-refractivity contribution in [1.29, 1.82) is 0 Å². The number of nitrogens with zero attached hydrogens (tertiary/aromatic N) is 1. The topological polar surface area (TPSA) is 29.5 Å². The minimum atomic E-state index is 0.188. The van der Waals surface area contributed by atoms with Crippen molar-refractivity contribution >= 4 is 5.91 Å². The lowest BCUT2D eigenvalue weighted by Crippen LogP contribution is -2.35. The van der Waals surface area contributed by atoms with Crippen LogP contribution in [0.25, 0.3) is 0 Å². The first-order valence-corrected chi connectivity index (χ1v) is 6.26. The quantitative estimate of drug-likeness (QED) is 0.782. The van der Waals surface area contributed by atoms with Crippen molar-refractivity contribution in [2.75, 3.05) is 13.7 Å². The number of para-hydroxylation sites is 1. The summed E-state index contributed by atoms with van der Waals surface area (Å²) in [7, 11) is 1.92. The molecule has 1 aliphatic carbocycles. The Morgan fingerprint density at radius 3 is 2.82 bits per heavy atom. The molecule has 0 spiro atoms. The minimum Gasteiger partial charge on any atom is -0.493 e. The van der Waals surface area contributed by atoms with Gasteiger partial charge in [0, 0.05) is 24.9 Å².